The molecule has 4 heterocycles. The molecule has 2 aliphatic heterocycles. The number of fused-ring (bicyclic) bond motifs is 2. The maximum atomic E-state index is 9.95. The van der Waals surface area contributed by atoms with Crippen LogP contribution in [0.4, 0.5) is 11.6 Å². The van der Waals surface area contributed by atoms with E-state index in [4.69, 9.17) is 20.2 Å². The predicted octanol–water partition coefficient (Wildman–Crippen LogP) is 2.97. The van der Waals surface area contributed by atoms with Crippen LogP contribution in [0, 0.1) is 18.3 Å². The average Bonchev–Trinajstić information content (AvgIpc) is 2.78. The van der Waals surface area contributed by atoms with Gasteiger partial charge in [-0.3, -0.25) is 0 Å². The summed E-state index contributed by atoms with van der Waals surface area (Å²) in [6.07, 6.45) is 0.686. The zero-order valence-electron chi connectivity index (χ0n) is 16.9. The van der Waals surface area contributed by atoms with Crippen LogP contribution in [0.3, 0.4) is 0 Å². The number of aromatic nitrogens is 2. The van der Waals surface area contributed by atoms with Gasteiger partial charge in [-0.1, -0.05) is 12.1 Å². The third kappa shape index (κ3) is 3.15. The minimum atomic E-state index is 0.269. The van der Waals surface area contributed by atoms with Gasteiger partial charge in [-0.15, -0.1) is 0 Å². The summed E-state index contributed by atoms with van der Waals surface area (Å²) in [7, 11) is 0. The molecule has 0 saturated carbocycles. The number of nitrogens with two attached hydrogens (primary N) is 1. The Balaban J connectivity index is 1.83. The van der Waals surface area contributed by atoms with Gasteiger partial charge in [0.2, 0.25) is 0 Å². The standard InChI is InChI=1S/C23H23N5O2/c1-14-2-3-15-11-16(23(27-20(15)10-14)28-5-8-29-9-6-28)21-17(12-24)22(25)26-19-4-7-30-13-18(19)21/h2-3,10-11H,4-9,13H2,1H3,(H2,25,26). The summed E-state index contributed by atoms with van der Waals surface area (Å²) in [4.78, 5) is 11.8. The SMILES string of the molecule is Cc1ccc2cc(-c3c(C#N)c(N)nc4c3COCC4)c(N3CCOCC3)nc2c1. The van der Waals surface area contributed by atoms with E-state index < -0.39 is 0 Å². The third-order valence-electron chi connectivity index (χ3n) is 5.79. The number of nitriles is 1. The molecule has 0 aliphatic carbocycles. The molecule has 2 aliphatic rings. The fraction of sp³-hybridized carbons (Fsp3) is 0.348. The third-order valence-corrected chi connectivity index (χ3v) is 5.79. The van der Waals surface area contributed by atoms with Crippen LogP contribution in [-0.2, 0) is 22.5 Å². The molecule has 5 rings (SSSR count). The summed E-state index contributed by atoms with van der Waals surface area (Å²) in [6.45, 7) is 5.89. The second-order valence-electron chi connectivity index (χ2n) is 7.74. The zero-order valence-corrected chi connectivity index (χ0v) is 16.9. The van der Waals surface area contributed by atoms with E-state index >= 15 is 0 Å². The predicted molar refractivity (Wildman–Crippen MR) is 115 cm³/mol. The largest absolute Gasteiger partial charge is 0.383 e. The van der Waals surface area contributed by atoms with Crippen molar-refractivity contribution in [3.63, 3.8) is 0 Å². The smallest absolute Gasteiger partial charge is 0.142 e. The fourth-order valence-electron chi connectivity index (χ4n) is 4.27. The number of anilines is 2. The number of morpholine rings is 1. The molecule has 0 radical (unpaired) electrons. The second-order valence-corrected chi connectivity index (χ2v) is 7.74. The van der Waals surface area contributed by atoms with E-state index in [9.17, 15) is 5.26 Å². The van der Waals surface area contributed by atoms with Crippen LogP contribution in [0.25, 0.3) is 22.0 Å². The van der Waals surface area contributed by atoms with Crippen LogP contribution in [0.15, 0.2) is 24.3 Å². The summed E-state index contributed by atoms with van der Waals surface area (Å²) >= 11 is 0. The highest BCUT2D eigenvalue weighted by molar-refractivity contribution is 5.93. The number of nitrogens with zero attached hydrogens (tertiary/aromatic N) is 4. The van der Waals surface area contributed by atoms with Crippen LogP contribution < -0.4 is 10.6 Å². The quantitative estimate of drug-likeness (QED) is 0.705. The van der Waals surface area contributed by atoms with Gasteiger partial charge in [0.05, 0.1) is 37.6 Å². The van der Waals surface area contributed by atoms with Gasteiger partial charge in [0.1, 0.15) is 23.3 Å². The number of nitrogen functional groups attached to an aromatic ring is 1. The molecule has 2 aromatic heterocycles. The average molecular weight is 401 g/mol. The summed E-state index contributed by atoms with van der Waals surface area (Å²) in [5, 5.41) is 11.0. The topological polar surface area (TPSA) is 97.3 Å². The van der Waals surface area contributed by atoms with E-state index in [2.05, 4.69) is 47.1 Å². The molecular weight excluding hydrogens is 378 g/mol. The minimum absolute atomic E-state index is 0.269. The Bertz CT molecular complexity index is 1180. The molecule has 7 nitrogen and oxygen atoms in total. The first-order chi connectivity index (χ1) is 14.7. The number of benzene rings is 1. The molecule has 0 spiro atoms. The molecule has 152 valence electrons. The van der Waals surface area contributed by atoms with Crippen molar-refractivity contribution in [3.05, 3.63) is 46.6 Å². The molecule has 3 aromatic rings. The zero-order chi connectivity index (χ0) is 20.7. The first-order valence-corrected chi connectivity index (χ1v) is 10.2. The van der Waals surface area contributed by atoms with E-state index in [1.54, 1.807) is 0 Å². The minimum Gasteiger partial charge on any atom is -0.383 e. The van der Waals surface area contributed by atoms with Crippen LogP contribution in [0.1, 0.15) is 22.4 Å². The lowest BCUT2D eigenvalue weighted by molar-refractivity contribution is 0.109. The van der Waals surface area contributed by atoms with Gasteiger partial charge in [-0.05, 0) is 24.6 Å². The van der Waals surface area contributed by atoms with Crippen LogP contribution >= 0.6 is 0 Å². The van der Waals surface area contributed by atoms with Crippen LogP contribution in [-0.4, -0.2) is 42.9 Å². The summed E-state index contributed by atoms with van der Waals surface area (Å²) in [5.41, 5.74) is 12.3. The number of ether oxygens (including phenoxy) is 2. The molecule has 0 unspecified atom stereocenters. The highest BCUT2D eigenvalue weighted by Gasteiger charge is 2.27. The molecular formula is C23H23N5O2. The van der Waals surface area contributed by atoms with Crippen molar-refractivity contribution in [1.82, 2.24) is 9.97 Å². The van der Waals surface area contributed by atoms with Crippen molar-refractivity contribution in [2.45, 2.75) is 20.0 Å². The fourth-order valence-corrected chi connectivity index (χ4v) is 4.27. The molecule has 0 amide bonds. The Hall–Kier alpha value is -3.21. The van der Waals surface area contributed by atoms with E-state index in [1.165, 1.54) is 0 Å². The first-order valence-electron chi connectivity index (χ1n) is 10.2. The van der Waals surface area contributed by atoms with Crippen LogP contribution in [0.2, 0.25) is 0 Å². The molecule has 0 bridgehead atoms. The van der Waals surface area contributed by atoms with Gasteiger partial charge in [0, 0.05) is 41.6 Å². The van der Waals surface area contributed by atoms with Gasteiger partial charge in [0.15, 0.2) is 0 Å². The number of hydrogen-bond donors (Lipinski definition) is 1. The molecule has 7 heteroatoms. The van der Waals surface area contributed by atoms with Gasteiger partial charge in [-0.2, -0.15) is 5.26 Å². The molecule has 1 aromatic carbocycles. The lowest BCUT2D eigenvalue weighted by Gasteiger charge is -2.31. The summed E-state index contributed by atoms with van der Waals surface area (Å²) in [5.74, 6) is 1.12. The number of aryl methyl sites for hydroxylation is 1. The van der Waals surface area contributed by atoms with Crippen LogP contribution in [0.5, 0.6) is 0 Å². The highest BCUT2D eigenvalue weighted by Crippen LogP contribution is 2.40. The van der Waals surface area contributed by atoms with Crippen molar-refractivity contribution < 1.29 is 9.47 Å². The van der Waals surface area contributed by atoms with E-state index in [0.29, 0.717) is 38.4 Å². The van der Waals surface area contributed by atoms with Crippen molar-refractivity contribution in [2.24, 2.45) is 0 Å². The maximum absolute atomic E-state index is 9.95. The van der Waals surface area contributed by atoms with E-state index in [0.717, 1.165) is 57.8 Å². The molecule has 30 heavy (non-hydrogen) atoms. The first kappa shape index (κ1) is 18.8. The number of hydrogen-bond acceptors (Lipinski definition) is 7. The molecule has 0 atom stereocenters. The Labute approximate surface area is 175 Å². The van der Waals surface area contributed by atoms with Crippen molar-refractivity contribution in [2.75, 3.05) is 43.5 Å². The van der Waals surface area contributed by atoms with Crippen molar-refractivity contribution >= 4 is 22.5 Å². The van der Waals surface area contributed by atoms with Crippen molar-refractivity contribution in [1.29, 1.82) is 5.26 Å². The maximum Gasteiger partial charge on any atom is 0.142 e. The van der Waals surface area contributed by atoms with Gasteiger partial charge >= 0.3 is 0 Å². The second kappa shape index (κ2) is 7.56. The lowest BCUT2D eigenvalue weighted by atomic mass is 9.91. The Morgan fingerprint density at radius 3 is 2.73 bits per heavy atom. The van der Waals surface area contributed by atoms with E-state index in [1.807, 2.05) is 0 Å². The summed E-state index contributed by atoms with van der Waals surface area (Å²) < 4.78 is 11.3. The van der Waals surface area contributed by atoms with Crippen molar-refractivity contribution in [3.8, 4) is 17.2 Å². The van der Waals surface area contributed by atoms with E-state index in [-0.39, 0.29) is 5.82 Å². The monoisotopic (exact) mass is 401 g/mol. The van der Waals surface area contributed by atoms with Gasteiger partial charge in [0.25, 0.3) is 0 Å². The Morgan fingerprint density at radius 2 is 1.93 bits per heavy atom. The van der Waals surface area contributed by atoms with Gasteiger partial charge in [-0.25, -0.2) is 9.97 Å². The Morgan fingerprint density at radius 1 is 1.10 bits per heavy atom. The normalized spacial score (nSPS) is 16.3. The Kier molecular flexibility index (Phi) is 4.74. The van der Waals surface area contributed by atoms with Gasteiger partial charge < -0.3 is 20.1 Å². The molecule has 2 N–H and O–H groups in total. The lowest BCUT2D eigenvalue weighted by Crippen LogP contribution is -2.37. The highest BCUT2D eigenvalue weighted by atomic mass is 16.5. The molecule has 1 saturated heterocycles. The molecule has 1 fully saturated rings. The number of pyridine rings is 2. The number of rotatable bonds is 2. The summed E-state index contributed by atoms with van der Waals surface area (Å²) in [6, 6.07) is 10.6.